The third-order valence-corrected chi connectivity index (χ3v) is 9.94. The maximum absolute atomic E-state index is 4.93. The highest BCUT2D eigenvalue weighted by atomic mass is 31.2. The highest BCUT2D eigenvalue weighted by molar-refractivity contribution is 7.94. The summed E-state index contributed by atoms with van der Waals surface area (Å²) in [5, 5.41) is 4.31. The lowest BCUT2D eigenvalue weighted by Gasteiger charge is -2.34. The van der Waals surface area contributed by atoms with Crippen molar-refractivity contribution >= 4 is 17.9 Å². The van der Waals surface area contributed by atoms with Gasteiger partial charge in [0.1, 0.15) is 0 Å². The summed E-state index contributed by atoms with van der Waals surface area (Å²) < 4.78 is 0. The van der Waals surface area contributed by atoms with Crippen molar-refractivity contribution in [2.75, 3.05) is 0 Å². The fourth-order valence-electron chi connectivity index (χ4n) is 5.19. The van der Waals surface area contributed by atoms with Crippen molar-refractivity contribution in [3.05, 3.63) is 89.9 Å². The molecule has 4 rings (SSSR count). The van der Waals surface area contributed by atoms with Crippen molar-refractivity contribution in [2.24, 2.45) is 10.8 Å². The molecule has 0 spiro atoms. The molecule has 0 heterocycles. The van der Waals surface area contributed by atoms with Crippen LogP contribution in [0.4, 0.5) is 0 Å². The van der Waals surface area contributed by atoms with E-state index in [4.69, 9.17) is 6.66 Å². The Labute approximate surface area is 159 Å². The molecule has 0 amide bonds. The van der Waals surface area contributed by atoms with Gasteiger partial charge in [0.25, 0.3) is 0 Å². The maximum atomic E-state index is 4.93. The molecule has 134 valence electrons. The molecular formula is C25H29P. The molecule has 2 aromatic rings. The van der Waals surface area contributed by atoms with Gasteiger partial charge < -0.3 is 0 Å². The third-order valence-electron chi connectivity index (χ3n) is 6.31. The van der Waals surface area contributed by atoms with Crippen molar-refractivity contribution in [2.45, 2.75) is 40.5 Å². The second-order valence-corrected chi connectivity index (χ2v) is 12.4. The Kier molecular flexibility index (Phi) is 4.05. The van der Waals surface area contributed by atoms with Crippen molar-refractivity contribution in [1.29, 1.82) is 0 Å². The van der Waals surface area contributed by atoms with E-state index in [9.17, 15) is 0 Å². The third kappa shape index (κ3) is 2.62. The van der Waals surface area contributed by atoms with Crippen LogP contribution >= 0.6 is 7.26 Å². The van der Waals surface area contributed by atoms with Crippen molar-refractivity contribution in [3.8, 4) is 0 Å². The van der Waals surface area contributed by atoms with Crippen LogP contribution in [0.2, 0.25) is 0 Å². The standard InChI is InChI=1S/C25H29P/c1-24(2)18-25(3,4)23-17-21(16-22(23)24)26(5,19-12-8-6-9-13-19)20-14-10-7-11-15-20/h6-16H,5,17-18H2,1-4H3. The van der Waals surface area contributed by atoms with Crippen molar-refractivity contribution in [1.82, 2.24) is 0 Å². The zero-order chi connectivity index (χ0) is 18.6. The molecule has 0 nitrogen and oxygen atoms in total. The quantitative estimate of drug-likeness (QED) is 0.434. The van der Waals surface area contributed by atoms with Crippen LogP contribution in [0.25, 0.3) is 0 Å². The minimum absolute atomic E-state index is 0.263. The molecule has 2 aliphatic rings. The first kappa shape index (κ1) is 17.7. The average molecular weight is 360 g/mol. The highest BCUT2D eigenvalue weighted by Gasteiger charge is 2.49. The Morgan fingerprint density at radius 3 is 1.73 bits per heavy atom. The second-order valence-electron chi connectivity index (χ2n) is 9.13. The molecule has 0 aromatic heterocycles. The topological polar surface area (TPSA) is 0 Å². The molecule has 0 atom stereocenters. The summed E-state index contributed by atoms with van der Waals surface area (Å²) >= 11 is 0. The van der Waals surface area contributed by atoms with Gasteiger partial charge in [-0.1, -0.05) is 69.7 Å². The van der Waals surface area contributed by atoms with Gasteiger partial charge in [-0.25, -0.2) is 0 Å². The van der Waals surface area contributed by atoms with Crippen molar-refractivity contribution in [3.63, 3.8) is 0 Å². The van der Waals surface area contributed by atoms with Crippen LogP contribution in [0.3, 0.4) is 0 Å². The fraction of sp³-hybridized carbons (Fsp3) is 0.320. The Bertz CT molecular complexity index is 843. The lowest BCUT2D eigenvalue weighted by Crippen LogP contribution is -2.23. The molecule has 0 unspecified atom stereocenters. The molecule has 0 aliphatic heterocycles. The van der Waals surface area contributed by atoms with E-state index >= 15 is 0 Å². The SMILES string of the molecule is [CH2-][P+](C1=CC2=C(C1)C(C)(C)CC2(C)C)(c1ccccc1)c1ccccc1. The van der Waals surface area contributed by atoms with Gasteiger partial charge in [-0.2, -0.15) is 6.66 Å². The first-order valence-electron chi connectivity index (χ1n) is 9.55. The van der Waals surface area contributed by atoms with Gasteiger partial charge >= 0.3 is 0 Å². The fourth-order valence-corrected chi connectivity index (χ4v) is 8.29. The highest BCUT2D eigenvalue weighted by Crippen LogP contribution is 2.69. The molecule has 1 heteroatoms. The summed E-state index contributed by atoms with van der Waals surface area (Å²) in [5.74, 6) is 0. The Balaban J connectivity index is 1.86. The number of hydrogen-bond donors (Lipinski definition) is 0. The molecule has 2 aliphatic carbocycles. The van der Waals surface area contributed by atoms with Gasteiger partial charge in [-0.05, 0) is 60.4 Å². The van der Waals surface area contributed by atoms with Crippen LogP contribution in [0.15, 0.2) is 83.2 Å². The van der Waals surface area contributed by atoms with Crippen LogP contribution in [0, 0.1) is 17.5 Å². The molecule has 0 bridgehead atoms. The van der Waals surface area contributed by atoms with Gasteiger partial charge in [0.15, 0.2) is 0 Å². The van der Waals surface area contributed by atoms with E-state index in [-0.39, 0.29) is 10.8 Å². The van der Waals surface area contributed by atoms with Gasteiger partial charge in [-0.3, -0.25) is 0 Å². The zero-order valence-electron chi connectivity index (χ0n) is 16.4. The van der Waals surface area contributed by atoms with E-state index in [0.717, 1.165) is 6.42 Å². The largest absolute Gasteiger partial charge is 0.165 e. The zero-order valence-corrected chi connectivity index (χ0v) is 17.3. The van der Waals surface area contributed by atoms with E-state index in [1.807, 2.05) is 0 Å². The van der Waals surface area contributed by atoms with E-state index < -0.39 is 7.26 Å². The number of benzene rings is 2. The smallest absolute Gasteiger partial charge is 0.0745 e. The van der Waals surface area contributed by atoms with Crippen LogP contribution in [0.1, 0.15) is 40.5 Å². The normalized spacial score (nSPS) is 20.9. The minimum atomic E-state index is -1.82. The summed E-state index contributed by atoms with van der Waals surface area (Å²) in [6.07, 6.45) is 4.87. The summed E-state index contributed by atoms with van der Waals surface area (Å²) in [5.41, 5.74) is 3.78. The molecule has 0 saturated heterocycles. The van der Waals surface area contributed by atoms with Crippen LogP contribution in [-0.4, -0.2) is 0 Å². The average Bonchev–Trinajstić information content (AvgIpc) is 3.15. The van der Waals surface area contributed by atoms with Gasteiger partial charge in [0.2, 0.25) is 0 Å². The number of allylic oxidation sites excluding steroid dienone is 4. The molecule has 2 aromatic carbocycles. The van der Waals surface area contributed by atoms with E-state index in [1.54, 1.807) is 16.5 Å². The molecule has 0 saturated carbocycles. The second kappa shape index (κ2) is 5.93. The lowest BCUT2D eigenvalue weighted by atomic mass is 9.78. The van der Waals surface area contributed by atoms with Crippen LogP contribution < -0.4 is 10.6 Å². The Hall–Kier alpha value is -1.65. The summed E-state index contributed by atoms with van der Waals surface area (Å²) in [6.45, 7) is 14.6. The first-order chi connectivity index (χ1) is 12.2. The van der Waals surface area contributed by atoms with Crippen molar-refractivity contribution < 1.29 is 0 Å². The molecule has 0 N–H and O–H groups in total. The van der Waals surface area contributed by atoms with Crippen LogP contribution in [0.5, 0.6) is 0 Å². The number of rotatable bonds is 3. The Morgan fingerprint density at radius 1 is 0.769 bits per heavy atom. The van der Waals surface area contributed by atoms with E-state index in [0.29, 0.717) is 0 Å². The molecular weight excluding hydrogens is 331 g/mol. The maximum Gasteiger partial charge on any atom is 0.0745 e. The lowest BCUT2D eigenvalue weighted by molar-refractivity contribution is 0.315. The van der Waals surface area contributed by atoms with E-state index in [1.165, 1.54) is 17.0 Å². The van der Waals surface area contributed by atoms with Gasteiger partial charge in [0, 0.05) is 6.42 Å². The predicted molar refractivity (Wildman–Crippen MR) is 116 cm³/mol. The summed E-state index contributed by atoms with van der Waals surface area (Å²) in [4.78, 5) is 0. The monoisotopic (exact) mass is 360 g/mol. The summed E-state index contributed by atoms with van der Waals surface area (Å²) in [7, 11) is -1.82. The molecule has 0 radical (unpaired) electrons. The predicted octanol–water partition coefficient (Wildman–Crippen LogP) is 6.49. The Morgan fingerprint density at radius 2 is 1.27 bits per heavy atom. The molecule has 26 heavy (non-hydrogen) atoms. The summed E-state index contributed by atoms with van der Waals surface area (Å²) in [6, 6.07) is 21.9. The van der Waals surface area contributed by atoms with Gasteiger partial charge in [-0.15, -0.1) is 0 Å². The first-order valence-corrected chi connectivity index (χ1v) is 11.5. The van der Waals surface area contributed by atoms with Gasteiger partial charge in [0.05, 0.1) is 15.9 Å². The van der Waals surface area contributed by atoms with E-state index in [2.05, 4.69) is 94.4 Å². The molecule has 0 fully saturated rings. The minimum Gasteiger partial charge on any atom is -0.165 e. The number of hydrogen-bond acceptors (Lipinski definition) is 0. The van der Waals surface area contributed by atoms with Crippen LogP contribution in [-0.2, 0) is 0 Å².